The maximum absolute atomic E-state index is 13.7. The van der Waals surface area contributed by atoms with Crippen LogP contribution in [-0.4, -0.2) is 38.5 Å². The predicted molar refractivity (Wildman–Crippen MR) is 108 cm³/mol. The Kier molecular flexibility index (Phi) is 5.63. The van der Waals surface area contributed by atoms with Crippen LogP contribution in [0.25, 0.3) is 16.9 Å². The molecule has 0 N–H and O–H groups in total. The first-order chi connectivity index (χ1) is 14.2. The summed E-state index contributed by atoms with van der Waals surface area (Å²) < 4.78 is 41.9. The topological polar surface area (TPSA) is 50.5 Å². The average Bonchev–Trinajstić information content (AvgIpc) is 2.93. The number of hydrogen-bond acceptors (Lipinski definition) is 3. The Labute approximate surface area is 180 Å². The van der Waals surface area contributed by atoms with Gasteiger partial charge in [0.05, 0.1) is 15.7 Å². The largest absolute Gasteiger partial charge is 0.433 e. The molecule has 0 saturated carbocycles. The van der Waals surface area contributed by atoms with Gasteiger partial charge in [-0.2, -0.15) is 18.3 Å². The number of hydrogen-bond donors (Lipinski definition) is 0. The number of nitrogens with zero attached hydrogens (tertiary/aromatic N) is 4. The summed E-state index contributed by atoms with van der Waals surface area (Å²) in [6.45, 7) is 1.14. The number of halogens is 5. The van der Waals surface area contributed by atoms with E-state index in [-0.39, 0.29) is 33.0 Å². The smallest absolute Gasteiger partial charge is 0.337 e. The van der Waals surface area contributed by atoms with E-state index in [1.54, 1.807) is 4.90 Å². The summed E-state index contributed by atoms with van der Waals surface area (Å²) in [6, 6.07) is 6.65. The highest BCUT2D eigenvalue weighted by Crippen LogP contribution is 2.34. The molecule has 30 heavy (non-hydrogen) atoms. The molecule has 1 aliphatic heterocycles. The van der Waals surface area contributed by atoms with Gasteiger partial charge in [-0.1, -0.05) is 42.1 Å². The number of aromatic nitrogens is 3. The molecule has 0 aliphatic carbocycles. The summed E-state index contributed by atoms with van der Waals surface area (Å²) in [5, 5.41) is 4.44. The summed E-state index contributed by atoms with van der Waals surface area (Å²) in [6.07, 6.45) is -0.899. The van der Waals surface area contributed by atoms with Crippen LogP contribution in [0.15, 0.2) is 30.3 Å². The first-order valence-electron chi connectivity index (χ1n) is 9.47. The van der Waals surface area contributed by atoms with E-state index in [0.29, 0.717) is 23.2 Å². The number of carbonyl (C=O) groups excluding carboxylic acids is 1. The lowest BCUT2D eigenvalue weighted by Gasteiger charge is -2.18. The zero-order valence-corrected chi connectivity index (χ0v) is 17.2. The minimum absolute atomic E-state index is 0.0545. The molecule has 1 aromatic carbocycles. The minimum Gasteiger partial charge on any atom is -0.337 e. The van der Waals surface area contributed by atoms with E-state index in [2.05, 4.69) is 10.1 Å². The van der Waals surface area contributed by atoms with E-state index in [1.807, 2.05) is 0 Å². The highest BCUT2D eigenvalue weighted by atomic mass is 35.5. The van der Waals surface area contributed by atoms with Crippen molar-refractivity contribution in [1.29, 1.82) is 0 Å². The molecule has 0 spiro atoms. The van der Waals surface area contributed by atoms with Gasteiger partial charge in [-0.25, -0.2) is 9.50 Å². The lowest BCUT2D eigenvalue weighted by Crippen LogP contribution is -2.32. The van der Waals surface area contributed by atoms with Crippen molar-refractivity contribution in [2.24, 2.45) is 0 Å². The van der Waals surface area contributed by atoms with Crippen LogP contribution in [0.1, 0.15) is 41.9 Å². The van der Waals surface area contributed by atoms with Crippen LogP contribution in [-0.2, 0) is 6.18 Å². The van der Waals surface area contributed by atoms with Crippen LogP contribution in [0.2, 0.25) is 10.0 Å². The second-order valence-corrected chi connectivity index (χ2v) is 7.97. The number of carbonyl (C=O) groups is 1. The molecule has 1 fully saturated rings. The van der Waals surface area contributed by atoms with Crippen LogP contribution in [0.3, 0.4) is 0 Å². The fourth-order valence-corrected chi connectivity index (χ4v) is 3.82. The summed E-state index contributed by atoms with van der Waals surface area (Å²) in [4.78, 5) is 18.8. The van der Waals surface area contributed by atoms with E-state index < -0.39 is 11.9 Å². The Bertz CT molecular complexity index is 1110. The van der Waals surface area contributed by atoms with Crippen LogP contribution in [0, 0.1) is 0 Å². The highest BCUT2D eigenvalue weighted by molar-refractivity contribution is 6.42. The Morgan fingerprint density at radius 3 is 2.30 bits per heavy atom. The minimum atomic E-state index is -4.69. The molecular weight excluding hydrogens is 440 g/mol. The van der Waals surface area contributed by atoms with Gasteiger partial charge in [0.25, 0.3) is 5.91 Å². The van der Waals surface area contributed by atoms with Crippen molar-refractivity contribution in [3.05, 3.63) is 51.8 Å². The van der Waals surface area contributed by atoms with Crippen LogP contribution in [0.5, 0.6) is 0 Å². The SMILES string of the molecule is O=C(c1cc2nc(-c3ccc(Cl)c(Cl)c3)cc(C(F)(F)F)n2n1)N1CCCCCC1. The zero-order valence-electron chi connectivity index (χ0n) is 15.7. The summed E-state index contributed by atoms with van der Waals surface area (Å²) in [5.41, 5.74) is -0.713. The fourth-order valence-electron chi connectivity index (χ4n) is 3.52. The quantitative estimate of drug-likeness (QED) is 0.494. The van der Waals surface area contributed by atoms with Gasteiger partial charge in [0.2, 0.25) is 0 Å². The van der Waals surface area contributed by atoms with Crippen molar-refractivity contribution in [3.63, 3.8) is 0 Å². The molecule has 1 saturated heterocycles. The summed E-state index contributed by atoms with van der Waals surface area (Å²) in [7, 11) is 0. The average molecular weight is 457 g/mol. The van der Waals surface area contributed by atoms with E-state index in [1.165, 1.54) is 24.3 Å². The Hall–Kier alpha value is -2.32. The molecule has 3 heterocycles. The van der Waals surface area contributed by atoms with Gasteiger partial charge in [0, 0.05) is 24.7 Å². The van der Waals surface area contributed by atoms with Crippen molar-refractivity contribution in [1.82, 2.24) is 19.5 Å². The fraction of sp³-hybridized carbons (Fsp3) is 0.350. The number of alkyl halides is 3. The predicted octanol–water partition coefficient (Wildman–Crippen LogP) is 5.74. The molecule has 158 valence electrons. The maximum Gasteiger partial charge on any atom is 0.433 e. The molecule has 0 radical (unpaired) electrons. The molecule has 0 bridgehead atoms. The van der Waals surface area contributed by atoms with E-state index in [4.69, 9.17) is 23.2 Å². The number of benzene rings is 1. The molecule has 1 amide bonds. The molecular formula is C20H17Cl2F3N4O. The Balaban J connectivity index is 1.81. The molecule has 3 aromatic rings. The van der Waals surface area contributed by atoms with Gasteiger partial charge in [-0.05, 0) is 31.0 Å². The van der Waals surface area contributed by atoms with Crippen LogP contribution >= 0.6 is 23.2 Å². The van der Waals surface area contributed by atoms with Gasteiger partial charge >= 0.3 is 6.18 Å². The van der Waals surface area contributed by atoms with Crippen LogP contribution in [0.4, 0.5) is 13.2 Å². The van der Waals surface area contributed by atoms with Gasteiger partial charge in [-0.3, -0.25) is 4.79 Å². The number of likely N-dealkylation sites (tertiary alicyclic amines) is 1. The van der Waals surface area contributed by atoms with E-state index in [9.17, 15) is 18.0 Å². The van der Waals surface area contributed by atoms with Gasteiger partial charge in [-0.15, -0.1) is 0 Å². The molecule has 0 atom stereocenters. The third-order valence-corrected chi connectivity index (χ3v) is 5.78. The molecule has 0 unspecified atom stereocenters. The highest BCUT2D eigenvalue weighted by Gasteiger charge is 2.36. The Morgan fingerprint density at radius 1 is 0.967 bits per heavy atom. The summed E-state index contributed by atoms with van der Waals surface area (Å²) >= 11 is 11.9. The standard InChI is InChI=1S/C20H17Cl2F3N4O/c21-13-6-5-12(9-14(13)22)15-10-17(20(23,24)25)29-18(26-15)11-16(27-29)19(30)28-7-3-1-2-4-8-28/h5-6,9-11H,1-4,7-8H2. The lowest BCUT2D eigenvalue weighted by molar-refractivity contribution is -0.142. The molecule has 10 heteroatoms. The molecule has 1 aliphatic rings. The first kappa shape index (κ1) is 20.9. The monoisotopic (exact) mass is 456 g/mol. The van der Waals surface area contributed by atoms with E-state index in [0.717, 1.165) is 31.7 Å². The van der Waals surface area contributed by atoms with Crippen molar-refractivity contribution >= 4 is 34.8 Å². The number of amides is 1. The van der Waals surface area contributed by atoms with Crippen molar-refractivity contribution in [3.8, 4) is 11.3 Å². The van der Waals surface area contributed by atoms with Gasteiger partial charge in [0.15, 0.2) is 17.0 Å². The molecule has 2 aromatic heterocycles. The number of fused-ring (bicyclic) bond motifs is 1. The first-order valence-corrected chi connectivity index (χ1v) is 10.2. The molecule has 5 nitrogen and oxygen atoms in total. The van der Waals surface area contributed by atoms with Crippen molar-refractivity contribution in [2.75, 3.05) is 13.1 Å². The summed E-state index contributed by atoms with van der Waals surface area (Å²) in [5.74, 6) is -0.383. The lowest BCUT2D eigenvalue weighted by atomic mass is 10.1. The number of rotatable bonds is 2. The second-order valence-electron chi connectivity index (χ2n) is 7.16. The zero-order chi connectivity index (χ0) is 21.5. The third kappa shape index (κ3) is 4.11. The third-order valence-electron chi connectivity index (χ3n) is 5.05. The Morgan fingerprint density at radius 2 is 1.67 bits per heavy atom. The molecule has 4 rings (SSSR count). The van der Waals surface area contributed by atoms with E-state index >= 15 is 0 Å². The normalized spacial score (nSPS) is 15.4. The van der Waals surface area contributed by atoms with Gasteiger partial charge < -0.3 is 4.90 Å². The van der Waals surface area contributed by atoms with Crippen LogP contribution < -0.4 is 0 Å². The van der Waals surface area contributed by atoms with Gasteiger partial charge in [0.1, 0.15) is 0 Å². The van der Waals surface area contributed by atoms with Crippen molar-refractivity contribution in [2.45, 2.75) is 31.9 Å². The maximum atomic E-state index is 13.7. The van der Waals surface area contributed by atoms with Crippen molar-refractivity contribution < 1.29 is 18.0 Å². The second kappa shape index (κ2) is 8.07.